The SMILES string of the molecule is C[C@]12CCC(=O)C=C1CC[C@@H]1[C@@H]2CC[C@@]2(C)[C@H]1CC[C@@]2(O)c1cc2ccc(Br)cc2c(=O)o1. The van der Waals surface area contributed by atoms with Crippen LogP contribution in [0.2, 0.25) is 0 Å². The maximum Gasteiger partial charge on any atom is 0.343 e. The summed E-state index contributed by atoms with van der Waals surface area (Å²) in [6, 6.07) is 7.50. The monoisotopic (exact) mass is 510 g/mol. The van der Waals surface area contributed by atoms with Gasteiger partial charge in [-0.3, -0.25) is 4.79 Å². The summed E-state index contributed by atoms with van der Waals surface area (Å²) < 4.78 is 6.66. The van der Waals surface area contributed by atoms with Gasteiger partial charge in [-0.2, -0.15) is 0 Å². The molecule has 1 heterocycles. The van der Waals surface area contributed by atoms with Crippen LogP contribution in [0.5, 0.6) is 0 Å². The minimum atomic E-state index is -1.14. The number of allylic oxidation sites excluding steroid dienone is 1. The quantitative estimate of drug-likeness (QED) is 0.490. The Morgan fingerprint density at radius 3 is 2.61 bits per heavy atom. The Labute approximate surface area is 202 Å². The Balaban J connectivity index is 1.39. The molecule has 1 N–H and O–H groups in total. The van der Waals surface area contributed by atoms with E-state index in [1.54, 1.807) is 6.07 Å². The number of halogens is 1. The Morgan fingerprint density at radius 2 is 1.79 bits per heavy atom. The van der Waals surface area contributed by atoms with Crippen LogP contribution in [0, 0.1) is 28.6 Å². The topological polar surface area (TPSA) is 67.5 Å². The van der Waals surface area contributed by atoms with Gasteiger partial charge in [0.2, 0.25) is 0 Å². The first kappa shape index (κ1) is 21.8. The van der Waals surface area contributed by atoms with Gasteiger partial charge in [-0.15, -0.1) is 0 Å². The van der Waals surface area contributed by atoms with Gasteiger partial charge in [0, 0.05) is 16.3 Å². The van der Waals surface area contributed by atoms with E-state index in [9.17, 15) is 14.7 Å². The molecule has 5 heteroatoms. The summed E-state index contributed by atoms with van der Waals surface area (Å²) in [7, 11) is 0. The molecular formula is C28H31BrO4. The molecule has 33 heavy (non-hydrogen) atoms. The fraction of sp³-hybridized carbons (Fsp3) is 0.571. The van der Waals surface area contributed by atoms with Crippen molar-refractivity contribution in [2.45, 2.75) is 70.8 Å². The fourth-order valence-electron chi connectivity index (χ4n) is 8.34. The molecule has 3 saturated carbocycles. The Bertz CT molecular complexity index is 1260. The molecule has 174 valence electrons. The van der Waals surface area contributed by atoms with Crippen molar-refractivity contribution >= 4 is 32.5 Å². The van der Waals surface area contributed by atoms with Gasteiger partial charge < -0.3 is 9.52 Å². The largest absolute Gasteiger partial charge is 0.424 e. The lowest BCUT2D eigenvalue weighted by Crippen LogP contribution is -2.53. The zero-order chi connectivity index (χ0) is 23.2. The van der Waals surface area contributed by atoms with Crippen LogP contribution in [-0.4, -0.2) is 10.9 Å². The molecule has 0 spiro atoms. The molecule has 1 aromatic carbocycles. The van der Waals surface area contributed by atoms with Gasteiger partial charge in [-0.1, -0.05) is 41.4 Å². The molecule has 0 aliphatic heterocycles. The van der Waals surface area contributed by atoms with Crippen molar-refractivity contribution in [3.8, 4) is 0 Å². The maximum absolute atomic E-state index is 12.8. The summed E-state index contributed by atoms with van der Waals surface area (Å²) in [6.45, 7) is 4.61. The second-order valence-electron chi connectivity index (χ2n) is 11.5. The molecule has 0 saturated heterocycles. The minimum absolute atomic E-state index is 0.113. The molecule has 1 aromatic heterocycles. The standard InChI is InChI=1S/C28H31BrO4/c1-26-10-7-19(30)14-17(26)4-6-20-22(26)8-11-27(2)23(20)9-12-28(27,32)24-13-16-3-5-18(29)15-21(16)25(31)33-24/h3,5,13-15,20,22-23,32H,4,6-12H2,1-2H3/t20-,22+,23+,26+,27+,28-/m1/s1. The number of aliphatic hydroxyl groups is 1. The van der Waals surface area contributed by atoms with Gasteiger partial charge in [-0.25, -0.2) is 4.79 Å². The highest BCUT2D eigenvalue weighted by Gasteiger charge is 2.65. The van der Waals surface area contributed by atoms with Crippen LogP contribution in [0.15, 0.2) is 49.6 Å². The molecule has 4 nitrogen and oxygen atoms in total. The molecule has 0 amide bonds. The second-order valence-corrected chi connectivity index (χ2v) is 12.4. The molecule has 2 aromatic rings. The van der Waals surface area contributed by atoms with E-state index in [2.05, 4.69) is 29.8 Å². The van der Waals surface area contributed by atoms with E-state index < -0.39 is 5.60 Å². The lowest BCUT2D eigenvalue weighted by atomic mass is 9.46. The van der Waals surface area contributed by atoms with Crippen LogP contribution in [0.1, 0.15) is 71.0 Å². The van der Waals surface area contributed by atoms with Gasteiger partial charge in [0.05, 0.1) is 5.39 Å². The first-order valence-corrected chi connectivity index (χ1v) is 13.2. The number of ketones is 1. The first-order valence-electron chi connectivity index (χ1n) is 12.4. The third-order valence-electron chi connectivity index (χ3n) is 10.2. The molecule has 6 rings (SSSR count). The lowest BCUT2D eigenvalue weighted by molar-refractivity contribution is -0.142. The van der Waals surface area contributed by atoms with Crippen molar-refractivity contribution in [3.63, 3.8) is 0 Å². The number of carbonyl (C=O) groups is 1. The van der Waals surface area contributed by atoms with Crippen LogP contribution in [0.4, 0.5) is 0 Å². The summed E-state index contributed by atoms with van der Waals surface area (Å²) in [5.41, 5.74) is -0.368. The minimum Gasteiger partial charge on any atom is -0.424 e. The number of fused-ring (bicyclic) bond motifs is 6. The predicted molar refractivity (Wildman–Crippen MR) is 131 cm³/mol. The van der Waals surface area contributed by atoms with E-state index in [-0.39, 0.29) is 22.2 Å². The summed E-state index contributed by atoms with van der Waals surface area (Å²) in [5.74, 6) is 2.21. The normalized spacial score (nSPS) is 40.2. The average Bonchev–Trinajstić information content (AvgIpc) is 3.06. The summed E-state index contributed by atoms with van der Waals surface area (Å²) >= 11 is 3.43. The lowest BCUT2D eigenvalue weighted by Gasteiger charge is -2.58. The van der Waals surface area contributed by atoms with Gasteiger partial charge in [-0.05, 0) is 97.8 Å². The number of benzene rings is 1. The van der Waals surface area contributed by atoms with Crippen molar-refractivity contribution in [2.75, 3.05) is 0 Å². The molecule has 0 radical (unpaired) electrons. The van der Waals surface area contributed by atoms with Crippen molar-refractivity contribution in [1.29, 1.82) is 0 Å². The number of hydrogen-bond donors (Lipinski definition) is 1. The smallest absolute Gasteiger partial charge is 0.343 e. The molecule has 0 unspecified atom stereocenters. The van der Waals surface area contributed by atoms with Crippen LogP contribution in [0.25, 0.3) is 10.8 Å². The van der Waals surface area contributed by atoms with Crippen LogP contribution in [0.3, 0.4) is 0 Å². The third kappa shape index (κ3) is 2.91. The van der Waals surface area contributed by atoms with Gasteiger partial charge >= 0.3 is 5.63 Å². The number of carbonyl (C=O) groups excluding carboxylic acids is 1. The molecule has 3 fully saturated rings. The van der Waals surface area contributed by atoms with Gasteiger partial charge in [0.1, 0.15) is 11.4 Å². The zero-order valence-corrected chi connectivity index (χ0v) is 20.9. The van der Waals surface area contributed by atoms with Gasteiger partial charge in [0.25, 0.3) is 0 Å². The van der Waals surface area contributed by atoms with Crippen molar-refractivity contribution in [2.24, 2.45) is 28.6 Å². The number of hydrogen-bond acceptors (Lipinski definition) is 4. The predicted octanol–water partition coefficient (Wildman–Crippen LogP) is 6.28. The van der Waals surface area contributed by atoms with Crippen LogP contribution in [-0.2, 0) is 10.4 Å². The molecular weight excluding hydrogens is 480 g/mol. The average molecular weight is 511 g/mol. The van der Waals surface area contributed by atoms with Crippen LogP contribution < -0.4 is 5.63 Å². The van der Waals surface area contributed by atoms with Gasteiger partial charge in [0.15, 0.2) is 5.78 Å². The van der Waals surface area contributed by atoms with E-state index >= 15 is 0 Å². The van der Waals surface area contributed by atoms with E-state index in [0.29, 0.717) is 41.7 Å². The Hall–Kier alpha value is -1.72. The first-order chi connectivity index (χ1) is 15.7. The van der Waals surface area contributed by atoms with E-state index in [4.69, 9.17) is 4.42 Å². The molecule has 4 aliphatic rings. The highest BCUT2D eigenvalue weighted by molar-refractivity contribution is 9.10. The summed E-state index contributed by atoms with van der Waals surface area (Å²) in [5, 5.41) is 13.5. The Morgan fingerprint density at radius 1 is 1.00 bits per heavy atom. The van der Waals surface area contributed by atoms with E-state index in [1.165, 1.54) is 5.57 Å². The van der Waals surface area contributed by atoms with Crippen LogP contribution >= 0.6 is 15.9 Å². The van der Waals surface area contributed by atoms with Crippen molar-refractivity contribution in [3.05, 3.63) is 56.6 Å². The molecule has 0 bridgehead atoms. The second kappa shape index (κ2) is 7.14. The fourth-order valence-corrected chi connectivity index (χ4v) is 8.70. The maximum atomic E-state index is 12.8. The molecule has 6 atom stereocenters. The molecule has 4 aliphatic carbocycles. The Kier molecular flexibility index (Phi) is 4.72. The number of rotatable bonds is 1. The third-order valence-corrected chi connectivity index (χ3v) is 10.7. The zero-order valence-electron chi connectivity index (χ0n) is 19.3. The summed E-state index contributed by atoms with van der Waals surface area (Å²) in [6.07, 6.45) is 9.18. The highest BCUT2D eigenvalue weighted by atomic mass is 79.9. The summed E-state index contributed by atoms with van der Waals surface area (Å²) in [4.78, 5) is 24.9. The van der Waals surface area contributed by atoms with E-state index in [0.717, 1.165) is 48.4 Å². The van der Waals surface area contributed by atoms with E-state index in [1.807, 2.05) is 24.3 Å². The van der Waals surface area contributed by atoms with Crippen molar-refractivity contribution < 1.29 is 14.3 Å². The van der Waals surface area contributed by atoms with Crippen molar-refractivity contribution in [1.82, 2.24) is 0 Å². The highest BCUT2D eigenvalue weighted by Crippen LogP contribution is 2.69.